The summed E-state index contributed by atoms with van der Waals surface area (Å²) >= 11 is 1.75. The van der Waals surface area contributed by atoms with Crippen molar-refractivity contribution in [1.82, 2.24) is 5.32 Å². The topological polar surface area (TPSA) is 38.3 Å². The van der Waals surface area contributed by atoms with Crippen molar-refractivity contribution in [1.29, 1.82) is 0 Å². The first-order valence-electron chi connectivity index (χ1n) is 7.68. The molecule has 2 rings (SSSR count). The van der Waals surface area contributed by atoms with E-state index in [9.17, 15) is 4.79 Å². The predicted molar refractivity (Wildman–Crippen MR) is 96.3 cm³/mol. The van der Waals surface area contributed by atoms with Crippen LogP contribution in [0.2, 0.25) is 0 Å². The molecule has 0 fully saturated rings. The van der Waals surface area contributed by atoms with Gasteiger partial charge in [-0.2, -0.15) is 0 Å². The van der Waals surface area contributed by atoms with E-state index < -0.39 is 0 Å². The molecule has 0 saturated heterocycles. The predicted octanol–water partition coefficient (Wildman–Crippen LogP) is 3.76. The lowest BCUT2D eigenvalue weighted by molar-refractivity contribution is -0.120. The molecular weight excluding hydrogens is 306 g/mol. The molecule has 0 bridgehead atoms. The normalized spacial score (nSPS) is 10.4. The number of aryl methyl sites for hydroxylation is 2. The van der Waals surface area contributed by atoms with E-state index in [4.69, 9.17) is 4.74 Å². The monoisotopic (exact) mass is 329 g/mol. The fraction of sp³-hybridized carbons (Fsp3) is 0.316. The number of nitrogens with one attached hydrogen (secondary N) is 1. The number of ether oxygens (including phenoxy) is 1. The Hall–Kier alpha value is -1.94. The maximum Gasteiger partial charge on any atom is 0.224 e. The van der Waals surface area contributed by atoms with Crippen LogP contribution in [0.15, 0.2) is 47.4 Å². The van der Waals surface area contributed by atoms with Crippen LogP contribution in [0.3, 0.4) is 0 Å². The molecule has 0 aliphatic carbocycles. The molecule has 23 heavy (non-hydrogen) atoms. The van der Waals surface area contributed by atoms with E-state index in [1.54, 1.807) is 18.9 Å². The van der Waals surface area contributed by atoms with Gasteiger partial charge in [0, 0.05) is 17.2 Å². The lowest BCUT2D eigenvalue weighted by Crippen LogP contribution is -2.27. The van der Waals surface area contributed by atoms with Crippen LogP contribution >= 0.6 is 11.8 Å². The average Bonchev–Trinajstić information content (AvgIpc) is 2.53. The minimum atomic E-state index is 0.0547. The Bertz CT molecular complexity index is 653. The molecule has 0 aliphatic rings. The van der Waals surface area contributed by atoms with Crippen LogP contribution in [0, 0.1) is 13.8 Å². The third-order valence-corrected chi connectivity index (χ3v) is 4.55. The molecule has 0 heterocycles. The largest absolute Gasteiger partial charge is 0.496 e. The van der Waals surface area contributed by atoms with Crippen LogP contribution in [0.4, 0.5) is 0 Å². The van der Waals surface area contributed by atoms with E-state index in [0.717, 1.165) is 22.6 Å². The summed E-state index contributed by atoms with van der Waals surface area (Å²) in [5, 5.41) is 2.97. The van der Waals surface area contributed by atoms with Crippen molar-refractivity contribution in [3.05, 3.63) is 59.2 Å². The van der Waals surface area contributed by atoms with Crippen LogP contribution in [-0.2, 0) is 11.2 Å². The standard InChI is InChI=1S/C19H23NO2S/c1-14-4-7-17(8-5-14)23-11-10-20-19(21)13-16-6-9-18(22-3)15(2)12-16/h4-9,12H,10-11,13H2,1-3H3,(H,20,21). The summed E-state index contributed by atoms with van der Waals surface area (Å²) in [6, 6.07) is 14.3. The van der Waals surface area contributed by atoms with Gasteiger partial charge in [-0.15, -0.1) is 11.8 Å². The van der Waals surface area contributed by atoms with Crippen molar-refractivity contribution in [2.75, 3.05) is 19.4 Å². The van der Waals surface area contributed by atoms with Crippen molar-refractivity contribution < 1.29 is 9.53 Å². The van der Waals surface area contributed by atoms with E-state index in [0.29, 0.717) is 13.0 Å². The molecule has 0 spiro atoms. The number of hydrogen-bond donors (Lipinski definition) is 1. The highest BCUT2D eigenvalue weighted by Crippen LogP contribution is 2.19. The highest BCUT2D eigenvalue weighted by molar-refractivity contribution is 7.99. The van der Waals surface area contributed by atoms with E-state index >= 15 is 0 Å². The maximum atomic E-state index is 12.0. The molecule has 0 unspecified atom stereocenters. The summed E-state index contributed by atoms with van der Waals surface area (Å²) in [7, 11) is 1.65. The maximum absolute atomic E-state index is 12.0. The number of amides is 1. The van der Waals surface area contributed by atoms with Crippen LogP contribution in [0.5, 0.6) is 5.75 Å². The highest BCUT2D eigenvalue weighted by atomic mass is 32.2. The first kappa shape index (κ1) is 17.4. The average molecular weight is 329 g/mol. The van der Waals surface area contributed by atoms with E-state index in [1.165, 1.54) is 10.5 Å². The number of hydrogen-bond acceptors (Lipinski definition) is 3. The van der Waals surface area contributed by atoms with Gasteiger partial charge < -0.3 is 10.1 Å². The molecule has 0 atom stereocenters. The first-order valence-corrected chi connectivity index (χ1v) is 8.66. The molecule has 2 aromatic carbocycles. The SMILES string of the molecule is COc1ccc(CC(=O)NCCSc2ccc(C)cc2)cc1C. The molecular formula is C19H23NO2S. The van der Waals surface area contributed by atoms with Gasteiger partial charge >= 0.3 is 0 Å². The number of rotatable bonds is 7. The van der Waals surface area contributed by atoms with Gasteiger partial charge in [0.25, 0.3) is 0 Å². The van der Waals surface area contributed by atoms with Gasteiger partial charge in [-0.25, -0.2) is 0 Å². The molecule has 0 saturated carbocycles. The molecule has 2 aromatic rings. The number of benzene rings is 2. The Labute approximate surface area is 142 Å². The molecule has 122 valence electrons. The van der Waals surface area contributed by atoms with Gasteiger partial charge in [0.15, 0.2) is 0 Å². The smallest absolute Gasteiger partial charge is 0.224 e. The Balaban J connectivity index is 1.72. The summed E-state index contributed by atoms with van der Waals surface area (Å²) in [6.07, 6.45) is 0.403. The van der Waals surface area contributed by atoms with E-state index in [2.05, 4.69) is 36.5 Å². The van der Waals surface area contributed by atoms with Crippen LogP contribution in [0.25, 0.3) is 0 Å². The Morgan fingerprint density at radius 1 is 1.13 bits per heavy atom. The Kier molecular flexibility index (Phi) is 6.53. The van der Waals surface area contributed by atoms with Gasteiger partial charge in [0.2, 0.25) is 5.91 Å². The van der Waals surface area contributed by atoms with Crippen molar-refractivity contribution in [3.63, 3.8) is 0 Å². The zero-order valence-corrected chi connectivity index (χ0v) is 14.7. The van der Waals surface area contributed by atoms with Crippen LogP contribution in [0.1, 0.15) is 16.7 Å². The lowest BCUT2D eigenvalue weighted by Gasteiger charge is -2.08. The molecule has 0 radical (unpaired) electrons. The Morgan fingerprint density at radius 2 is 1.87 bits per heavy atom. The second-order valence-electron chi connectivity index (χ2n) is 5.49. The minimum Gasteiger partial charge on any atom is -0.496 e. The Morgan fingerprint density at radius 3 is 2.52 bits per heavy atom. The summed E-state index contributed by atoms with van der Waals surface area (Å²) in [5.41, 5.74) is 3.32. The molecule has 1 N–H and O–H groups in total. The number of carbonyl (C=O) groups excluding carboxylic acids is 1. The molecule has 0 aromatic heterocycles. The molecule has 3 nitrogen and oxygen atoms in total. The summed E-state index contributed by atoms with van der Waals surface area (Å²) in [5.74, 6) is 1.78. The van der Waals surface area contributed by atoms with Gasteiger partial charge in [0.05, 0.1) is 13.5 Å². The van der Waals surface area contributed by atoms with E-state index in [1.807, 2.05) is 25.1 Å². The number of thioether (sulfide) groups is 1. The number of carbonyl (C=O) groups is 1. The van der Waals surface area contributed by atoms with Gasteiger partial charge in [-0.05, 0) is 43.2 Å². The second kappa shape index (κ2) is 8.63. The van der Waals surface area contributed by atoms with E-state index in [-0.39, 0.29) is 5.91 Å². The summed E-state index contributed by atoms with van der Waals surface area (Å²) < 4.78 is 5.23. The van der Waals surface area contributed by atoms with Crippen molar-refractivity contribution in [2.24, 2.45) is 0 Å². The van der Waals surface area contributed by atoms with Crippen LogP contribution in [-0.4, -0.2) is 25.3 Å². The van der Waals surface area contributed by atoms with Crippen molar-refractivity contribution in [3.8, 4) is 5.75 Å². The second-order valence-corrected chi connectivity index (χ2v) is 6.66. The number of methoxy groups -OCH3 is 1. The lowest BCUT2D eigenvalue weighted by atomic mass is 10.1. The summed E-state index contributed by atoms with van der Waals surface area (Å²) in [4.78, 5) is 13.2. The van der Waals surface area contributed by atoms with Crippen LogP contribution < -0.4 is 10.1 Å². The minimum absolute atomic E-state index is 0.0547. The zero-order valence-electron chi connectivity index (χ0n) is 13.9. The van der Waals surface area contributed by atoms with Gasteiger partial charge in [-0.3, -0.25) is 4.79 Å². The fourth-order valence-corrected chi connectivity index (χ4v) is 3.06. The molecule has 4 heteroatoms. The third kappa shape index (κ3) is 5.64. The van der Waals surface area contributed by atoms with Crippen molar-refractivity contribution in [2.45, 2.75) is 25.2 Å². The van der Waals surface area contributed by atoms with Crippen molar-refractivity contribution >= 4 is 17.7 Å². The van der Waals surface area contributed by atoms with Gasteiger partial charge in [0.1, 0.15) is 5.75 Å². The highest BCUT2D eigenvalue weighted by Gasteiger charge is 2.05. The summed E-state index contributed by atoms with van der Waals surface area (Å²) in [6.45, 7) is 4.74. The fourth-order valence-electron chi connectivity index (χ4n) is 2.29. The first-order chi connectivity index (χ1) is 11.1. The van der Waals surface area contributed by atoms with Gasteiger partial charge in [-0.1, -0.05) is 29.8 Å². The zero-order chi connectivity index (χ0) is 16.7. The third-order valence-electron chi connectivity index (χ3n) is 3.54. The molecule has 0 aliphatic heterocycles. The molecule has 1 amide bonds. The quantitative estimate of drug-likeness (QED) is 0.621.